The van der Waals surface area contributed by atoms with E-state index in [1.165, 1.54) is 4.90 Å². The Hall–Kier alpha value is -2.07. The average molecular weight is 384 g/mol. The second-order valence-electron chi connectivity index (χ2n) is 8.30. The van der Waals surface area contributed by atoms with Crippen LogP contribution in [0.25, 0.3) is 0 Å². The SMILES string of the molecule is CC(C)(C)OC(=O)N1CCC[C@H](ONC(=O)[C@@H]2CC[C@@H]3CN2C(=O)N3O)C1. The molecule has 0 spiro atoms. The number of amides is 4. The first-order valence-electron chi connectivity index (χ1n) is 9.38. The number of hydrogen-bond donors (Lipinski definition) is 2. The van der Waals surface area contributed by atoms with Crippen LogP contribution in [0.4, 0.5) is 9.59 Å². The zero-order chi connectivity index (χ0) is 19.8. The van der Waals surface area contributed by atoms with Gasteiger partial charge in [-0.05, 0) is 46.5 Å². The van der Waals surface area contributed by atoms with Crippen molar-refractivity contribution in [3.63, 3.8) is 0 Å². The Morgan fingerprint density at radius 3 is 2.63 bits per heavy atom. The molecule has 3 fully saturated rings. The molecule has 3 heterocycles. The van der Waals surface area contributed by atoms with Crippen molar-refractivity contribution in [1.82, 2.24) is 20.3 Å². The average Bonchev–Trinajstić information content (AvgIpc) is 2.83. The molecule has 3 atom stereocenters. The van der Waals surface area contributed by atoms with E-state index >= 15 is 0 Å². The van der Waals surface area contributed by atoms with Gasteiger partial charge in [0.15, 0.2) is 0 Å². The number of carbonyl (C=O) groups is 3. The summed E-state index contributed by atoms with van der Waals surface area (Å²) in [5.74, 6) is -0.411. The summed E-state index contributed by atoms with van der Waals surface area (Å²) in [6, 6.07) is -1.45. The van der Waals surface area contributed by atoms with Crippen LogP contribution >= 0.6 is 0 Å². The van der Waals surface area contributed by atoms with Crippen LogP contribution in [0.5, 0.6) is 0 Å². The highest BCUT2D eigenvalue weighted by molar-refractivity contribution is 5.87. The van der Waals surface area contributed by atoms with Gasteiger partial charge in [-0.1, -0.05) is 0 Å². The van der Waals surface area contributed by atoms with Crippen LogP contribution in [0.15, 0.2) is 0 Å². The summed E-state index contributed by atoms with van der Waals surface area (Å²) < 4.78 is 5.37. The topological polar surface area (TPSA) is 112 Å². The lowest BCUT2D eigenvalue weighted by molar-refractivity contribution is -0.146. The summed E-state index contributed by atoms with van der Waals surface area (Å²) in [4.78, 5) is 45.0. The van der Waals surface area contributed by atoms with Crippen LogP contribution < -0.4 is 5.48 Å². The van der Waals surface area contributed by atoms with Crippen molar-refractivity contribution in [2.75, 3.05) is 19.6 Å². The molecule has 3 aliphatic rings. The standard InChI is InChI=1S/C17H28N4O6/c1-17(2,3)26-16(24)19-8-4-5-12(10-19)27-18-14(22)13-7-6-11-9-20(13)15(23)21(11)25/h11-13,25H,4-10H2,1-3H3,(H,18,22)/t11-,12+,13+/m1/s1. The van der Waals surface area contributed by atoms with Crippen LogP contribution in [0.2, 0.25) is 0 Å². The Morgan fingerprint density at radius 1 is 1.19 bits per heavy atom. The number of urea groups is 1. The molecule has 0 saturated carbocycles. The van der Waals surface area contributed by atoms with E-state index in [4.69, 9.17) is 9.57 Å². The van der Waals surface area contributed by atoms with Gasteiger partial charge in [0.1, 0.15) is 17.7 Å². The molecule has 0 aromatic rings. The van der Waals surface area contributed by atoms with Crippen LogP contribution in [-0.4, -0.2) is 81.5 Å². The van der Waals surface area contributed by atoms with E-state index in [9.17, 15) is 19.6 Å². The van der Waals surface area contributed by atoms with Gasteiger partial charge in [0, 0.05) is 13.1 Å². The van der Waals surface area contributed by atoms with E-state index < -0.39 is 29.7 Å². The number of hydroxylamine groups is 3. The molecular weight excluding hydrogens is 356 g/mol. The van der Waals surface area contributed by atoms with Crippen molar-refractivity contribution in [2.45, 2.75) is 70.2 Å². The van der Waals surface area contributed by atoms with Crippen molar-refractivity contribution in [3.05, 3.63) is 0 Å². The van der Waals surface area contributed by atoms with Crippen molar-refractivity contribution >= 4 is 18.0 Å². The van der Waals surface area contributed by atoms with Crippen molar-refractivity contribution < 1.29 is 29.2 Å². The summed E-state index contributed by atoms with van der Waals surface area (Å²) in [6.07, 6.45) is 1.75. The maximum Gasteiger partial charge on any atom is 0.410 e. The van der Waals surface area contributed by atoms with E-state index in [1.807, 2.05) is 20.8 Å². The largest absolute Gasteiger partial charge is 0.444 e. The summed E-state index contributed by atoms with van der Waals surface area (Å²) in [7, 11) is 0. The lowest BCUT2D eigenvalue weighted by Crippen LogP contribution is -2.52. The number of likely N-dealkylation sites (tertiary alicyclic amines) is 1. The van der Waals surface area contributed by atoms with Crippen molar-refractivity contribution in [3.8, 4) is 0 Å². The lowest BCUT2D eigenvalue weighted by Gasteiger charge is -2.34. The maximum absolute atomic E-state index is 12.4. The molecule has 10 nitrogen and oxygen atoms in total. The minimum atomic E-state index is -0.656. The number of rotatable bonds is 3. The molecule has 0 radical (unpaired) electrons. The highest BCUT2D eigenvalue weighted by Crippen LogP contribution is 2.28. The van der Waals surface area contributed by atoms with Gasteiger partial charge in [0.25, 0.3) is 5.91 Å². The molecule has 152 valence electrons. The molecular formula is C17H28N4O6. The highest BCUT2D eigenvalue weighted by atomic mass is 16.7. The van der Waals surface area contributed by atoms with Crippen LogP contribution in [0.3, 0.4) is 0 Å². The van der Waals surface area contributed by atoms with Gasteiger partial charge in [0.2, 0.25) is 0 Å². The number of carbonyl (C=O) groups excluding carboxylic acids is 3. The first-order valence-corrected chi connectivity index (χ1v) is 9.38. The van der Waals surface area contributed by atoms with Crippen LogP contribution in [0, 0.1) is 0 Å². The van der Waals surface area contributed by atoms with Crippen molar-refractivity contribution in [1.29, 1.82) is 0 Å². The lowest BCUT2D eigenvalue weighted by atomic mass is 10.0. The minimum absolute atomic E-state index is 0.247. The molecule has 27 heavy (non-hydrogen) atoms. The second-order valence-corrected chi connectivity index (χ2v) is 8.30. The Morgan fingerprint density at radius 2 is 1.93 bits per heavy atom. The van der Waals surface area contributed by atoms with E-state index in [-0.39, 0.29) is 12.1 Å². The van der Waals surface area contributed by atoms with Gasteiger partial charge in [-0.15, -0.1) is 0 Å². The number of nitrogens with zero attached hydrogens (tertiary/aromatic N) is 3. The normalized spacial score (nSPS) is 28.4. The van der Waals surface area contributed by atoms with Gasteiger partial charge in [0.05, 0.1) is 12.6 Å². The Kier molecular flexibility index (Phi) is 5.48. The van der Waals surface area contributed by atoms with Gasteiger partial charge in [-0.3, -0.25) is 14.8 Å². The molecule has 2 bridgehead atoms. The third kappa shape index (κ3) is 4.44. The molecule has 3 rings (SSSR count). The first kappa shape index (κ1) is 19.7. The van der Waals surface area contributed by atoms with Gasteiger partial charge in [-0.25, -0.2) is 20.1 Å². The van der Waals surface area contributed by atoms with E-state index in [2.05, 4.69) is 5.48 Å². The zero-order valence-corrected chi connectivity index (χ0v) is 16.0. The molecule has 4 amide bonds. The number of piperidine rings is 2. The van der Waals surface area contributed by atoms with Crippen molar-refractivity contribution in [2.24, 2.45) is 0 Å². The number of hydrogen-bond acceptors (Lipinski definition) is 6. The number of fused-ring (bicyclic) bond motifs is 2. The molecule has 0 aliphatic carbocycles. The fourth-order valence-corrected chi connectivity index (χ4v) is 3.66. The predicted octanol–water partition coefficient (Wildman–Crippen LogP) is 1.09. The van der Waals surface area contributed by atoms with Gasteiger partial charge >= 0.3 is 12.1 Å². The Labute approximate surface area is 158 Å². The van der Waals surface area contributed by atoms with E-state index in [0.717, 1.165) is 6.42 Å². The Balaban J connectivity index is 1.49. The monoisotopic (exact) mass is 384 g/mol. The van der Waals surface area contributed by atoms with E-state index in [1.54, 1.807) is 4.90 Å². The van der Waals surface area contributed by atoms with Crippen LogP contribution in [0.1, 0.15) is 46.5 Å². The quantitative estimate of drug-likeness (QED) is 0.557. The number of ether oxygens (including phenoxy) is 1. The summed E-state index contributed by atoms with van der Waals surface area (Å²) >= 11 is 0. The summed E-state index contributed by atoms with van der Waals surface area (Å²) in [6.45, 7) is 6.68. The summed E-state index contributed by atoms with van der Waals surface area (Å²) in [5, 5.41) is 10.4. The smallest absolute Gasteiger partial charge is 0.410 e. The molecule has 10 heteroatoms. The highest BCUT2D eigenvalue weighted by Gasteiger charge is 2.47. The third-order valence-electron chi connectivity index (χ3n) is 5.00. The third-order valence-corrected chi connectivity index (χ3v) is 5.00. The van der Waals surface area contributed by atoms with Gasteiger partial charge in [-0.2, -0.15) is 0 Å². The van der Waals surface area contributed by atoms with E-state index in [0.29, 0.717) is 44.0 Å². The maximum atomic E-state index is 12.4. The predicted molar refractivity (Wildman–Crippen MR) is 92.6 cm³/mol. The Bertz CT molecular complexity index is 607. The molecule has 2 N–H and O–H groups in total. The molecule has 3 saturated heterocycles. The fourth-order valence-electron chi connectivity index (χ4n) is 3.66. The molecule has 3 aliphatic heterocycles. The van der Waals surface area contributed by atoms with Crippen LogP contribution in [-0.2, 0) is 14.4 Å². The zero-order valence-electron chi connectivity index (χ0n) is 16.0. The molecule has 0 unspecified atom stereocenters. The molecule has 0 aromatic heterocycles. The minimum Gasteiger partial charge on any atom is -0.444 e. The summed E-state index contributed by atoms with van der Waals surface area (Å²) in [5.41, 5.74) is 1.87. The van der Waals surface area contributed by atoms with Gasteiger partial charge < -0.3 is 14.5 Å². The number of nitrogens with one attached hydrogen (secondary N) is 1. The molecule has 0 aromatic carbocycles. The first-order chi connectivity index (χ1) is 12.7. The fraction of sp³-hybridized carbons (Fsp3) is 0.824. The second kappa shape index (κ2) is 7.51.